The second-order valence-corrected chi connectivity index (χ2v) is 6.28. The lowest BCUT2D eigenvalue weighted by atomic mass is 10.1. The van der Waals surface area contributed by atoms with Crippen LogP contribution in [-0.4, -0.2) is 23.5 Å². The molecule has 1 aliphatic rings. The quantitative estimate of drug-likeness (QED) is 0.896. The van der Waals surface area contributed by atoms with Crippen molar-refractivity contribution in [3.05, 3.63) is 22.4 Å². The van der Waals surface area contributed by atoms with E-state index in [2.05, 4.69) is 41.7 Å². The zero-order valence-electron chi connectivity index (χ0n) is 9.77. The van der Waals surface area contributed by atoms with Gasteiger partial charge in [-0.15, -0.1) is 11.3 Å². The van der Waals surface area contributed by atoms with E-state index in [1.807, 2.05) is 23.1 Å². The molecule has 1 fully saturated rings. The molecule has 0 aromatic carbocycles. The molecule has 1 saturated heterocycles. The third kappa shape index (κ3) is 3.25. The van der Waals surface area contributed by atoms with E-state index in [9.17, 15) is 0 Å². The molecular weight excluding hydrogens is 236 g/mol. The van der Waals surface area contributed by atoms with Gasteiger partial charge in [0.05, 0.1) is 0 Å². The van der Waals surface area contributed by atoms with Crippen molar-refractivity contribution in [2.45, 2.75) is 26.3 Å². The third-order valence-corrected chi connectivity index (χ3v) is 5.03. The van der Waals surface area contributed by atoms with E-state index in [0.717, 1.165) is 24.1 Å². The van der Waals surface area contributed by atoms with Crippen molar-refractivity contribution in [1.29, 1.82) is 0 Å². The molecule has 1 aliphatic heterocycles. The summed E-state index contributed by atoms with van der Waals surface area (Å²) < 4.78 is 0. The van der Waals surface area contributed by atoms with Gasteiger partial charge >= 0.3 is 0 Å². The Hall–Kier alpha value is -0.480. The number of aliphatic imine (C=N–C) groups is 1. The molecule has 0 aliphatic carbocycles. The number of nitrogens with one attached hydrogen (secondary N) is 1. The van der Waals surface area contributed by atoms with Crippen molar-refractivity contribution in [2.24, 2.45) is 10.9 Å². The summed E-state index contributed by atoms with van der Waals surface area (Å²) in [6.07, 6.45) is 1.06. The van der Waals surface area contributed by atoms with Gasteiger partial charge in [0.15, 0.2) is 5.17 Å². The Bertz CT molecular complexity index is 346. The van der Waals surface area contributed by atoms with Gasteiger partial charge < -0.3 is 5.32 Å². The maximum Gasteiger partial charge on any atom is 0.156 e. The molecule has 0 radical (unpaired) electrons. The zero-order chi connectivity index (χ0) is 11.4. The summed E-state index contributed by atoms with van der Waals surface area (Å²) in [5, 5.41) is 6.71. The van der Waals surface area contributed by atoms with Crippen LogP contribution in [-0.2, 0) is 6.42 Å². The first-order chi connectivity index (χ1) is 7.75. The van der Waals surface area contributed by atoms with Crippen LogP contribution in [0.4, 0.5) is 0 Å². The SMILES string of the molecule is CC1CSC(=NCCc2cccs2)NC1C. The maximum atomic E-state index is 4.62. The Morgan fingerprint density at radius 3 is 3.06 bits per heavy atom. The standard InChI is InChI=1S/C12H18N2S2/c1-9-8-16-12(14-10(9)2)13-6-5-11-4-3-7-15-11/h3-4,7,9-10H,5-6,8H2,1-2H3,(H,13,14). The lowest BCUT2D eigenvalue weighted by Gasteiger charge is -2.28. The van der Waals surface area contributed by atoms with Crippen LogP contribution < -0.4 is 5.32 Å². The summed E-state index contributed by atoms with van der Waals surface area (Å²) in [4.78, 5) is 6.04. The lowest BCUT2D eigenvalue weighted by Crippen LogP contribution is -2.41. The molecule has 4 heteroatoms. The number of thiophene rings is 1. The van der Waals surface area contributed by atoms with E-state index in [4.69, 9.17) is 0 Å². The molecule has 2 unspecified atom stereocenters. The van der Waals surface area contributed by atoms with Crippen molar-refractivity contribution in [2.75, 3.05) is 12.3 Å². The molecule has 1 N–H and O–H groups in total. The van der Waals surface area contributed by atoms with E-state index in [0.29, 0.717) is 6.04 Å². The minimum atomic E-state index is 0.557. The fourth-order valence-corrected chi connectivity index (χ4v) is 3.41. The van der Waals surface area contributed by atoms with Crippen LogP contribution in [0.2, 0.25) is 0 Å². The Kier molecular flexibility index (Phi) is 4.29. The van der Waals surface area contributed by atoms with E-state index >= 15 is 0 Å². The van der Waals surface area contributed by atoms with Crippen LogP contribution in [0.15, 0.2) is 22.5 Å². The van der Waals surface area contributed by atoms with Gasteiger partial charge in [0.1, 0.15) is 0 Å². The minimum Gasteiger partial charge on any atom is -0.362 e. The molecule has 0 spiro atoms. The molecule has 1 aromatic heterocycles. The highest BCUT2D eigenvalue weighted by Crippen LogP contribution is 2.19. The van der Waals surface area contributed by atoms with E-state index < -0.39 is 0 Å². The van der Waals surface area contributed by atoms with Crippen LogP contribution in [0.25, 0.3) is 0 Å². The first-order valence-electron chi connectivity index (χ1n) is 5.72. The minimum absolute atomic E-state index is 0.557. The summed E-state index contributed by atoms with van der Waals surface area (Å²) in [5.41, 5.74) is 0. The van der Waals surface area contributed by atoms with Gasteiger partial charge in [-0.25, -0.2) is 0 Å². The van der Waals surface area contributed by atoms with Crippen LogP contribution in [0.5, 0.6) is 0 Å². The molecule has 2 nitrogen and oxygen atoms in total. The molecule has 88 valence electrons. The fraction of sp³-hybridized carbons (Fsp3) is 0.583. The molecule has 0 bridgehead atoms. The number of hydrogen-bond donors (Lipinski definition) is 1. The average molecular weight is 254 g/mol. The van der Waals surface area contributed by atoms with Gasteiger partial charge in [-0.3, -0.25) is 4.99 Å². The Labute approximate surface area is 106 Å². The van der Waals surface area contributed by atoms with Gasteiger partial charge in [0.25, 0.3) is 0 Å². The van der Waals surface area contributed by atoms with Crippen molar-refractivity contribution in [3.63, 3.8) is 0 Å². The normalized spacial score (nSPS) is 28.0. The number of thioether (sulfide) groups is 1. The van der Waals surface area contributed by atoms with E-state index in [1.54, 1.807) is 0 Å². The topological polar surface area (TPSA) is 24.4 Å². The van der Waals surface area contributed by atoms with Gasteiger partial charge in [0, 0.05) is 29.6 Å². The number of nitrogens with zero attached hydrogens (tertiary/aromatic N) is 1. The van der Waals surface area contributed by atoms with Crippen molar-refractivity contribution in [1.82, 2.24) is 5.32 Å². The third-order valence-electron chi connectivity index (χ3n) is 2.88. The van der Waals surface area contributed by atoms with E-state index in [1.165, 1.54) is 10.6 Å². The molecule has 2 rings (SSSR count). The second-order valence-electron chi connectivity index (χ2n) is 4.24. The number of rotatable bonds is 3. The average Bonchev–Trinajstić information content (AvgIpc) is 2.76. The molecule has 0 amide bonds. The molecule has 1 aromatic rings. The van der Waals surface area contributed by atoms with Gasteiger partial charge in [-0.1, -0.05) is 24.8 Å². The summed E-state index contributed by atoms with van der Waals surface area (Å²) in [7, 11) is 0. The summed E-state index contributed by atoms with van der Waals surface area (Å²) in [6, 6.07) is 4.84. The smallest absolute Gasteiger partial charge is 0.156 e. The summed E-state index contributed by atoms with van der Waals surface area (Å²) in [5.74, 6) is 1.92. The van der Waals surface area contributed by atoms with Gasteiger partial charge in [-0.2, -0.15) is 0 Å². The Morgan fingerprint density at radius 2 is 2.38 bits per heavy atom. The molecular formula is C12H18N2S2. The van der Waals surface area contributed by atoms with Crippen molar-refractivity contribution < 1.29 is 0 Å². The van der Waals surface area contributed by atoms with Crippen LogP contribution in [0.1, 0.15) is 18.7 Å². The first kappa shape index (κ1) is 12.0. The van der Waals surface area contributed by atoms with Crippen molar-refractivity contribution in [3.8, 4) is 0 Å². The predicted molar refractivity (Wildman–Crippen MR) is 74.5 cm³/mol. The second kappa shape index (κ2) is 5.73. The van der Waals surface area contributed by atoms with Crippen LogP contribution >= 0.6 is 23.1 Å². The highest BCUT2D eigenvalue weighted by molar-refractivity contribution is 8.13. The zero-order valence-corrected chi connectivity index (χ0v) is 11.4. The van der Waals surface area contributed by atoms with Gasteiger partial charge in [0.2, 0.25) is 0 Å². The maximum absolute atomic E-state index is 4.62. The monoisotopic (exact) mass is 254 g/mol. The van der Waals surface area contributed by atoms with E-state index in [-0.39, 0.29) is 0 Å². The first-order valence-corrected chi connectivity index (χ1v) is 7.58. The van der Waals surface area contributed by atoms with Crippen LogP contribution in [0, 0.1) is 5.92 Å². The van der Waals surface area contributed by atoms with Crippen molar-refractivity contribution >= 4 is 28.3 Å². The molecule has 2 atom stereocenters. The molecule has 2 heterocycles. The Morgan fingerprint density at radius 1 is 1.50 bits per heavy atom. The molecule has 16 heavy (non-hydrogen) atoms. The largest absolute Gasteiger partial charge is 0.362 e. The predicted octanol–water partition coefficient (Wildman–Crippen LogP) is 3.01. The fourth-order valence-electron chi connectivity index (χ4n) is 1.55. The molecule has 0 saturated carbocycles. The van der Waals surface area contributed by atoms with Gasteiger partial charge in [-0.05, 0) is 24.3 Å². The number of hydrogen-bond acceptors (Lipinski definition) is 3. The highest BCUT2D eigenvalue weighted by Gasteiger charge is 2.20. The number of amidine groups is 1. The summed E-state index contributed by atoms with van der Waals surface area (Å²) in [6.45, 7) is 5.42. The Balaban J connectivity index is 1.79. The van der Waals surface area contributed by atoms with Crippen LogP contribution in [0.3, 0.4) is 0 Å². The summed E-state index contributed by atoms with van der Waals surface area (Å²) >= 11 is 3.67. The highest BCUT2D eigenvalue weighted by atomic mass is 32.2. The lowest BCUT2D eigenvalue weighted by molar-refractivity contribution is 0.490.